The summed E-state index contributed by atoms with van der Waals surface area (Å²) < 4.78 is 19.0. The van der Waals surface area contributed by atoms with Crippen LogP contribution < -0.4 is 5.32 Å². The van der Waals surface area contributed by atoms with Crippen LogP contribution in [0.3, 0.4) is 0 Å². The lowest BCUT2D eigenvalue weighted by atomic mass is 9.89. The van der Waals surface area contributed by atoms with Gasteiger partial charge in [0.2, 0.25) is 0 Å². The van der Waals surface area contributed by atoms with Gasteiger partial charge in [0, 0.05) is 12.6 Å². The smallest absolute Gasteiger partial charge is 0.254 e. The molecule has 1 aromatic carbocycles. The average molecular weight is 251 g/mol. The average Bonchev–Trinajstić information content (AvgIpc) is 2.26. The van der Waals surface area contributed by atoms with Gasteiger partial charge < -0.3 is 10.1 Å². The quantitative estimate of drug-likeness (QED) is 0.892. The van der Waals surface area contributed by atoms with E-state index in [0.717, 1.165) is 18.4 Å². The van der Waals surface area contributed by atoms with E-state index in [1.165, 1.54) is 12.1 Å². The second-order valence-electron chi connectivity index (χ2n) is 4.70. The Balaban J connectivity index is 1.89. The van der Waals surface area contributed by atoms with Crippen LogP contribution in [0.15, 0.2) is 18.2 Å². The number of aryl methyl sites for hydroxylation is 1. The highest BCUT2D eigenvalue weighted by Gasteiger charge is 2.31. The van der Waals surface area contributed by atoms with Crippen molar-refractivity contribution in [3.63, 3.8) is 0 Å². The minimum absolute atomic E-state index is 0.106. The Hall–Kier alpha value is -1.42. The highest BCUT2D eigenvalue weighted by atomic mass is 19.1. The van der Waals surface area contributed by atoms with Gasteiger partial charge in [-0.15, -0.1) is 0 Å². The first kappa shape index (κ1) is 13.0. The summed E-state index contributed by atoms with van der Waals surface area (Å²) in [6.45, 7) is 4.44. The van der Waals surface area contributed by atoms with Gasteiger partial charge in [0.1, 0.15) is 5.82 Å². The molecule has 0 radical (unpaired) electrons. The summed E-state index contributed by atoms with van der Waals surface area (Å²) in [7, 11) is 0. The van der Waals surface area contributed by atoms with Crippen LogP contribution in [0.25, 0.3) is 0 Å². The molecule has 0 aliphatic heterocycles. The summed E-state index contributed by atoms with van der Waals surface area (Å²) in [5.41, 5.74) is 0.921. The standard InChI is InChI=1S/C14H18FNO2/c1-3-18-11-7-10(8-11)16-14(17)12-5-4-9(2)6-13(12)15/h4-6,10-11H,3,7-8H2,1-2H3,(H,16,17). The molecular formula is C14H18FNO2. The molecule has 1 fully saturated rings. The summed E-state index contributed by atoms with van der Waals surface area (Å²) in [5, 5.41) is 2.82. The molecule has 3 nitrogen and oxygen atoms in total. The van der Waals surface area contributed by atoms with Crippen LogP contribution in [0.2, 0.25) is 0 Å². The minimum atomic E-state index is -0.465. The van der Waals surface area contributed by atoms with Crippen LogP contribution in [0, 0.1) is 12.7 Å². The van der Waals surface area contributed by atoms with E-state index in [1.54, 1.807) is 13.0 Å². The van der Waals surface area contributed by atoms with Crippen molar-refractivity contribution in [2.24, 2.45) is 0 Å². The Labute approximate surface area is 106 Å². The third-order valence-corrected chi connectivity index (χ3v) is 3.20. The zero-order valence-corrected chi connectivity index (χ0v) is 10.7. The number of ether oxygens (including phenoxy) is 1. The maximum atomic E-state index is 13.6. The van der Waals surface area contributed by atoms with Crippen molar-refractivity contribution in [1.82, 2.24) is 5.32 Å². The molecule has 18 heavy (non-hydrogen) atoms. The van der Waals surface area contributed by atoms with Gasteiger partial charge >= 0.3 is 0 Å². The van der Waals surface area contributed by atoms with Gasteiger partial charge in [-0.1, -0.05) is 6.07 Å². The summed E-state index contributed by atoms with van der Waals surface area (Å²) in [4.78, 5) is 11.9. The zero-order chi connectivity index (χ0) is 13.1. The molecule has 2 rings (SSSR count). The van der Waals surface area contributed by atoms with Crippen molar-refractivity contribution in [1.29, 1.82) is 0 Å². The van der Waals surface area contributed by atoms with Gasteiger partial charge in [0.15, 0.2) is 0 Å². The van der Waals surface area contributed by atoms with E-state index >= 15 is 0 Å². The van der Waals surface area contributed by atoms with E-state index in [1.807, 2.05) is 6.92 Å². The molecule has 1 aliphatic carbocycles. The maximum absolute atomic E-state index is 13.6. The van der Waals surface area contributed by atoms with Crippen LogP contribution in [0.4, 0.5) is 4.39 Å². The molecular weight excluding hydrogens is 233 g/mol. The molecule has 1 amide bonds. The summed E-state index contributed by atoms with van der Waals surface area (Å²) in [6, 6.07) is 4.74. The van der Waals surface area contributed by atoms with E-state index in [4.69, 9.17) is 4.74 Å². The summed E-state index contributed by atoms with van der Waals surface area (Å²) in [6.07, 6.45) is 1.86. The number of hydrogen-bond donors (Lipinski definition) is 1. The normalized spacial score (nSPS) is 22.4. The molecule has 98 valence electrons. The Kier molecular flexibility index (Phi) is 3.97. The van der Waals surface area contributed by atoms with Gasteiger partial charge in [-0.2, -0.15) is 0 Å². The molecule has 4 heteroatoms. The predicted molar refractivity (Wildman–Crippen MR) is 67.0 cm³/mol. The van der Waals surface area contributed by atoms with E-state index in [0.29, 0.717) is 6.61 Å². The number of benzene rings is 1. The Morgan fingerprint density at radius 2 is 2.22 bits per heavy atom. The fourth-order valence-electron chi connectivity index (χ4n) is 2.12. The Morgan fingerprint density at radius 1 is 1.50 bits per heavy atom. The fraction of sp³-hybridized carbons (Fsp3) is 0.500. The van der Waals surface area contributed by atoms with Crippen LogP contribution in [0.5, 0.6) is 0 Å². The van der Waals surface area contributed by atoms with Gasteiger partial charge in [-0.3, -0.25) is 4.79 Å². The van der Waals surface area contributed by atoms with Gasteiger partial charge in [0.25, 0.3) is 5.91 Å². The third-order valence-electron chi connectivity index (χ3n) is 3.20. The lowest BCUT2D eigenvalue weighted by Gasteiger charge is -2.35. The zero-order valence-electron chi connectivity index (χ0n) is 10.7. The number of hydrogen-bond acceptors (Lipinski definition) is 2. The monoisotopic (exact) mass is 251 g/mol. The first-order chi connectivity index (χ1) is 8.60. The SMILES string of the molecule is CCOC1CC(NC(=O)c2ccc(C)cc2F)C1. The van der Waals surface area contributed by atoms with Crippen LogP contribution >= 0.6 is 0 Å². The molecule has 1 aromatic rings. The molecule has 1 N–H and O–H groups in total. The second-order valence-corrected chi connectivity index (χ2v) is 4.70. The fourth-order valence-corrected chi connectivity index (χ4v) is 2.12. The molecule has 1 aliphatic rings. The number of carbonyl (C=O) groups excluding carboxylic acids is 1. The molecule has 0 spiro atoms. The first-order valence-electron chi connectivity index (χ1n) is 6.28. The number of carbonyl (C=O) groups is 1. The molecule has 0 bridgehead atoms. The molecule has 0 unspecified atom stereocenters. The Morgan fingerprint density at radius 3 is 2.83 bits per heavy atom. The lowest BCUT2D eigenvalue weighted by Crippen LogP contribution is -2.48. The highest BCUT2D eigenvalue weighted by Crippen LogP contribution is 2.23. The molecule has 1 saturated carbocycles. The van der Waals surface area contributed by atoms with Crippen molar-refractivity contribution in [3.05, 3.63) is 35.1 Å². The van der Waals surface area contributed by atoms with Gasteiger partial charge in [-0.25, -0.2) is 4.39 Å². The van der Waals surface area contributed by atoms with Crippen molar-refractivity contribution >= 4 is 5.91 Å². The van der Waals surface area contributed by atoms with Crippen LogP contribution in [-0.4, -0.2) is 24.7 Å². The molecule has 0 heterocycles. The molecule has 0 atom stereocenters. The van der Waals surface area contributed by atoms with Crippen LogP contribution in [-0.2, 0) is 4.74 Å². The van der Waals surface area contributed by atoms with E-state index in [2.05, 4.69) is 5.32 Å². The van der Waals surface area contributed by atoms with Crippen molar-refractivity contribution in [3.8, 4) is 0 Å². The largest absolute Gasteiger partial charge is 0.378 e. The lowest BCUT2D eigenvalue weighted by molar-refractivity contribution is -0.00865. The van der Waals surface area contributed by atoms with Gasteiger partial charge in [0.05, 0.1) is 11.7 Å². The van der Waals surface area contributed by atoms with Crippen LogP contribution in [0.1, 0.15) is 35.7 Å². The number of rotatable bonds is 4. The summed E-state index contributed by atoms with van der Waals surface area (Å²) in [5.74, 6) is -0.805. The summed E-state index contributed by atoms with van der Waals surface area (Å²) >= 11 is 0. The van der Waals surface area contributed by atoms with Crippen molar-refractivity contribution < 1.29 is 13.9 Å². The van der Waals surface area contributed by atoms with Crippen molar-refractivity contribution in [2.75, 3.05) is 6.61 Å². The molecule has 0 aromatic heterocycles. The number of amides is 1. The second kappa shape index (κ2) is 5.48. The highest BCUT2D eigenvalue weighted by molar-refractivity contribution is 5.94. The van der Waals surface area contributed by atoms with E-state index in [-0.39, 0.29) is 23.6 Å². The first-order valence-corrected chi connectivity index (χ1v) is 6.28. The van der Waals surface area contributed by atoms with E-state index in [9.17, 15) is 9.18 Å². The minimum Gasteiger partial charge on any atom is -0.378 e. The third kappa shape index (κ3) is 2.88. The maximum Gasteiger partial charge on any atom is 0.254 e. The molecule has 0 saturated heterocycles. The topological polar surface area (TPSA) is 38.3 Å². The predicted octanol–water partition coefficient (Wildman–Crippen LogP) is 2.43. The number of nitrogens with one attached hydrogen (secondary N) is 1. The Bertz CT molecular complexity index is 441. The van der Waals surface area contributed by atoms with Gasteiger partial charge in [-0.05, 0) is 44.4 Å². The van der Waals surface area contributed by atoms with E-state index < -0.39 is 5.82 Å². The van der Waals surface area contributed by atoms with Crippen molar-refractivity contribution in [2.45, 2.75) is 38.8 Å². The number of halogens is 1.